The van der Waals surface area contributed by atoms with Gasteiger partial charge in [-0.15, -0.1) is 0 Å². The number of rotatable bonds is 4. The van der Waals surface area contributed by atoms with E-state index >= 15 is 0 Å². The van der Waals surface area contributed by atoms with Gasteiger partial charge in [0, 0.05) is 0 Å². The van der Waals surface area contributed by atoms with Gasteiger partial charge in [-0.05, 0) is 55.6 Å². The topological polar surface area (TPSA) is 9.23 Å². The van der Waals surface area contributed by atoms with E-state index in [0.29, 0.717) is 6.42 Å². The van der Waals surface area contributed by atoms with E-state index in [9.17, 15) is 13.2 Å². The van der Waals surface area contributed by atoms with Gasteiger partial charge < -0.3 is 4.74 Å². The SMILES string of the molecule is CC(CC1(C)CCc2ccccc2CC1)OCC(F)(F)F. The summed E-state index contributed by atoms with van der Waals surface area (Å²) in [4.78, 5) is 0. The van der Waals surface area contributed by atoms with Crippen LogP contribution in [0.4, 0.5) is 13.2 Å². The van der Waals surface area contributed by atoms with Gasteiger partial charge in [-0.1, -0.05) is 31.2 Å². The molecule has 0 saturated heterocycles. The minimum absolute atomic E-state index is 0.0457. The molecule has 0 spiro atoms. The van der Waals surface area contributed by atoms with Gasteiger partial charge in [0.15, 0.2) is 0 Å². The fourth-order valence-electron chi connectivity index (χ4n) is 3.24. The van der Waals surface area contributed by atoms with E-state index in [4.69, 9.17) is 4.74 Å². The Kier molecular flexibility index (Phi) is 4.97. The van der Waals surface area contributed by atoms with Crippen LogP contribution in [0.25, 0.3) is 0 Å². The van der Waals surface area contributed by atoms with E-state index < -0.39 is 12.8 Å². The molecule has 0 aliphatic heterocycles. The fourth-order valence-corrected chi connectivity index (χ4v) is 3.24. The van der Waals surface area contributed by atoms with Gasteiger partial charge in [-0.25, -0.2) is 0 Å². The van der Waals surface area contributed by atoms with E-state index in [-0.39, 0.29) is 11.5 Å². The molecule has 1 aromatic carbocycles. The van der Waals surface area contributed by atoms with Crippen LogP contribution in [0.5, 0.6) is 0 Å². The minimum Gasteiger partial charge on any atom is -0.369 e. The van der Waals surface area contributed by atoms with Crippen molar-refractivity contribution in [1.82, 2.24) is 0 Å². The first-order valence-electron chi connectivity index (χ1n) is 7.53. The molecule has 1 nitrogen and oxygen atoms in total. The highest BCUT2D eigenvalue weighted by Gasteiger charge is 2.32. The second-order valence-electron chi connectivity index (χ2n) is 6.52. The third-order valence-electron chi connectivity index (χ3n) is 4.43. The second kappa shape index (κ2) is 6.39. The molecule has 1 atom stereocenters. The highest BCUT2D eigenvalue weighted by atomic mass is 19.4. The standard InChI is InChI=1S/C17H23F3O/c1-13(21-12-17(18,19)20)11-16(2)9-7-14-5-3-4-6-15(14)8-10-16/h3-6,13H,7-12H2,1-2H3. The summed E-state index contributed by atoms with van der Waals surface area (Å²) in [6.45, 7) is 2.77. The van der Waals surface area contributed by atoms with Crippen LogP contribution in [0.15, 0.2) is 24.3 Å². The van der Waals surface area contributed by atoms with Gasteiger partial charge >= 0.3 is 6.18 Å². The Labute approximate surface area is 124 Å². The normalized spacial score (nSPS) is 19.7. The van der Waals surface area contributed by atoms with Crippen LogP contribution in [-0.4, -0.2) is 18.9 Å². The Morgan fingerprint density at radius 3 is 2.14 bits per heavy atom. The summed E-state index contributed by atoms with van der Waals surface area (Å²) >= 11 is 0. The van der Waals surface area contributed by atoms with E-state index in [1.54, 1.807) is 6.92 Å². The van der Waals surface area contributed by atoms with Crippen molar-refractivity contribution >= 4 is 0 Å². The van der Waals surface area contributed by atoms with Crippen molar-refractivity contribution in [2.24, 2.45) is 5.41 Å². The van der Waals surface area contributed by atoms with Crippen LogP contribution in [0.1, 0.15) is 44.2 Å². The van der Waals surface area contributed by atoms with Crippen LogP contribution in [0.2, 0.25) is 0 Å². The molecule has 0 fully saturated rings. The molecule has 1 aromatic rings. The van der Waals surface area contributed by atoms with Crippen molar-refractivity contribution < 1.29 is 17.9 Å². The van der Waals surface area contributed by atoms with E-state index in [0.717, 1.165) is 25.7 Å². The second-order valence-corrected chi connectivity index (χ2v) is 6.52. The molecule has 2 rings (SSSR count). The molecule has 1 aliphatic carbocycles. The molecule has 0 radical (unpaired) electrons. The number of halogens is 3. The molecule has 1 aliphatic rings. The Morgan fingerprint density at radius 1 is 1.14 bits per heavy atom. The van der Waals surface area contributed by atoms with Crippen LogP contribution >= 0.6 is 0 Å². The van der Waals surface area contributed by atoms with Crippen molar-refractivity contribution in [1.29, 1.82) is 0 Å². The Bertz CT molecular complexity index is 440. The van der Waals surface area contributed by atoms with Crippen LogP contribution in [0, 0.1) is 5.41 Å². The lowest BCUT2D eigenvalue weighted by Gasteiger charge is -2.31. The smallest absolute Gasteiger partial charge is 0.369 e. The first-order chi connectivity index (χ1) is 9.77. The summed E-state index contributed by atoms with van der Waals surface area (Å²) in [6.07, 6.45) is 0.0781. The monoisotopic (exact) mass is 300 g/mol. The molecule has 0 saturated carbocycles. The van der Waals surface area contributed by atoms with Gasteiger partial charge in [0.25, 0.3) is 0 Å². The number of fused-ring (bicyclic) bond motifs is 1. The van der Waals surface area contributed by atoms with Gasteiger partial charge in [0.05, 0.1) is 6.10 Å². The highest BCUT2D eigenvalue weighted by molar-refractivity contribution is 5.28. The molecule has 0 amide bonds. The molecule has 21 heavy (non-hydrogen) atoms. The maximum absolute atomic E-state index is 12.2. The molecular weight excluding hydrogens is 277 g/mol. The molecule has 1 unspecified atom stereocenters. The molecule has 0 N–H and O–H groups in total. The maximum atomic E-state index is 12.2. The van der Waals surface area contributed by atoms with Gasteiger partial charge in [-0.2, -0.15) is 13.2 Å². The van der Waals surface area contributed by atoms with E-state index in [1.165, 1.54) is 11.1 Å². The van der Waals surface area contributed by atoms with Gasteiger partial charge in [0.1, 0.15) is 6.61 Å². The zero-order chi connectivity index (χ0) is 15.5. The van der Waals surface area contributed by atoms with E-state index in [2.05, 4.69) is 31.2 Å². The van der Waals surface area contributed by atoms with E-state index in [1.807, 2.05) is 0 Å². The Balaban J connectivity index is 1.91. The molecule has 118 valence electrons. The summed E-state index contributed by atoms with van der Waals surface area (Å²) in [5.41, 5.74) is 2.81. The maximum Gasteiger partial charge on any atom is 0.411 e. The number of aryl methyl sites for hydroxylation is 2. The number of hydrogen-bond donors (Lipinski definition) is 0. The lowest BCUT2D eigenvalue weighted by Crippen LogP contribution is -2.27. The lowest BCUT2D eigenvalue weighted by atomic mass is 9.77. The molecule has 0 heterocycles. The Morgan fingerprint density at radius 2 is 1.67 bits per heavy atom. The zero-order valence-corrected chi connectivity index (χ0v) is 12.7. The molecular formula is C17H23F3O. The molecule has 0 aromatic heterocycles. The number of hydrogen-bond acceptors (Lipinski definition) is 1. The van der Waals surface area contributed by atoms with Gasteiger partial charge in [-0.3, -0.25) is 0 Å². The van der Waals surface area contributed by atoms with Crippen molar-refractivity contribution in [2.75, 3.05) is 6.61 Å². The van der Waals surface area contributed by atoms with Crippen molar-refractivity contribution in [3.63, 3.8) is 0 Å². The average molecular weight is 300 g/mol. The number of benzene rings is 1. The predicted octanol–water partition coefficient (Wildman–Crippen LogP) is 4.93. The van der Waals surface area contributed by atoms with Crippen LogP contribution in [0.3, 0.4) is 0 Å². The zero-order valence-electron chi connectivity index (χ0n) is 12.7. The summed E-state index contributed by atoms with van der Waals surface area (Å²) in [6, 6.07) is 8.42. The largest absolute Gasteiger partial charge is 0.411 e. The Hall–Kier alpha value is -1.03. The van der Waals surface area contributed by atoms with Crippen molar-refractivity contribution in [2.45, 2.75) is 58.2 Å². The third-order valence-corrected chi connectivity index (χ3v) is 4.43. The summed E-state index contributed by atoms with van der Waals surface area (Å²) in [5, 5.41) is 0. The predicted molar refractivity (Wildman–Crippen MR) is 77.3 cm³/mol. The summed E-state index contributed by atoms with van der Waals surface area (Å²) in [7, 11) is 0. The number of alkyl halides is 3. The first kappa shape index (κ1) is 16.3. The lowest BCUT2D eigenvalue weighted by molar-refractivity contribution is -0.186. The van der Waals surface area contributed by atoms with Crippen molar-refractivity contribution in [3.05, 3.63) is 35.4 Å². The fraction of sp³-hybridized carbons (Fsp3) is 0.647. The minimum atomic E-state index is -4.24. The van der Waals surface area contributed by atoms with Gasteiger partial charge in [0.2, 0.25) is 0 Å². The quantitative estimate of drug-likeness (QED) is 0.716. The first-order valence-corrected chi connectivity index (χ1v) is 7.53. The average Bonchev–Trinajstić information content (AvgIpc) is 2.56. The summed E-state index contributed by atoms with van der Waals surface area (Å²) < 4.78 is 41.6. The van der Waals surface area contributed by atoms with Crippen LogP contribution < -0.4 is 0 Å². The number of ether oxygens (including phenoxy) is 1. The van der Waals surface area contributed by atoms with Crippen LogP contribution in [-0.2, 0) is 17.6 Å². The molecule has 0 bridgehead atoms. The van der Waals surface area contributed by atoms with Crippen molar-refractivity contribution in [3.8, 4) is 0 Å². The highest BCUT2D eigenvalue weighted by Crippen LogP contribution is 2.38. The molecule has 4 heteroatoms. The summed E-state index contributed by atoms with van der Waals surface area (Å²) in [5.74, 6) is 0. The third kappa shape index (κ3) is 5.03.